The van der Waals surface area contributed by atoms with Crippen molar-refractivity contribution in [2.24, 2.45) is 5.92 Å². The van der Waals surface area contributed by atoms with E-state index in [-0.39, 0.29) is 17.7 Å². The van der Waals surface area contributed by atoms with Gasteiger partial charge in [-0.2, -0.15) is 0 Å². The standard InChI is InChI=1S/C9H17NO4S/c1-6(5-15(2,13)14)10-8(9(11)12)7-3-4-7/h6-8,10H,3-5H2,1-2H3,(H,11,12). The van der Waals surface area contributed by atoms with Gasteiger partial charge < -0.3 is 10.4 Å². The fourth-order valence-electron chi connectivity index (χ4n) is 1.65. The fourth-order valence-corrected chi connectivity index (χ4v) is 2.65. The lowest BCUT2D eigenvalue weighted by Gasteiger charge is -2.18. The maximum atomic E-state index is 11.0. The van der Waals surface area contributed by atoms with Gasteiger partial charge in [0.05, 0.1) is 5.75 Å². The summed E-state index contributed by atoms with van der Waals surface area (Å²) in [4.78, 5) is 10.9. The summed E-state index contributed by atoms with van der Waals surface area (Å²) in [6.07, 6.45) is 2.98. The summed E-state index contributed by atoms with van der Waals surface area (Å²) in [5.41, 5.74) is 0. The first-order chi connectivity index (χ1) is 6.79. The molecule has 1 aliphatic carbocycles. The topological polar surface area (TPSA) is 83.5 Å². The van der Waals surface area contributed by atoms with Crippen molar-refractivity contribution >= 4 is 15.8 Å². The van der Waals surface area contributed by atoms with Crippen molar-refractivity contribution in [3.63, 3.8) is 0 Å². The molecule has 0 aromatic rings. The zero-order chi connectivity index (χ0) is 11.6. The summed E-state index contributed by atoms with van der Waals surface area (Å²) >= 11 is 0. The monoisotopic (exact) mass is 235 g/mol. The summed E-state index contributed by atoms with van der Waals surface area (Å²) < 4.78 is 22.0. The number of carbonyl (C=O) groups is 1. The molecular formula is C9H17NO4S. The lowest BCUT2D eigenvalue weighted by Crippen LogP contribution is -2.46. The Morgan fingerprint density at radius 2 is 2.07 bits per heavy atom. The fraction of sp³-hybridized carbons (Fsp3) is 0.889. The van der Waals surface area contributed by atoms with E-state index in [9.17, 15) is 13.2 Å². The van der Waals surface area contributed by atoms with Crippen LogP contribution in [0.4, 0.5) is 0 Å². The van der Waals surface area contributed by atoms with Gasteiger partial charge in [-0.3, -0.25) is 4.79 Å². The van der Waals surface area contributed by atoms with Crippen LogP contribution >= 0.6 is 0 Å². The van der Waals surface area contributed by atoms with Crippen LogP contribution in [0.1, 0.15) is 19.8 Å². The van der Waals surface area contributed by atoms with E-state index in [0.29, 0.717) is 0 Å². The van der Waals surface area contributed by atoms with Gasteiger partial charge in [0.2, 0.25) is 0 Å². The van der Waals surface area contributed by atoms with E-state index in [1.54, 1.807) is 6.92 Å². The van der Waals surface area contributed by atoms with Gasteiger partial charge in [0.1, 0.15) is 15.9 Å². The zero-order valence-corrected chi connectivity index (χ0v) is 9.75. The van der Waals surface area contributed by atoms with Gasteiger partial charge in [0.15, 0.2) is 0 Å². The van der Waals surface area contributed by atoms with Crippen molar-refractivity contribution in [3.05, 3.63) is 0 Å². The molecule has 0 saturated heterocycles. The maximum Gasteiger partial charge on any atom is 0.320 e. The Morgan fingerprint density at radius 1 is 1.53 bits per heavy atom. The Labute approximate surface area is 89.8 Å². The van der Waals surface area contributed by atoms with Crippen LogP contribution in [-0.2, 0) is 14.6 Å². The van der Waals surface area contributed by atoms with Crippen molar-refractivity contribution in [2.75, 3.05) is 12.0 Å². The molecule has 5 nitrogen and oxygen atoms in total. The van der Waals surface area contributed by atoms with E-state index in [1.807, 2.05) is 0 Å². The highest BCUT2D eigenvalue weighted by Gasteiger charge is 2.36. The zero-order valence-electron chi connectivity index (χ0n) is 8.93. The third-order valence-corrected chi connectivity index (χ3v) is 3.48. The van der Waals surface area contributed by atoms with E-state index < -0.39 is 21.8 Å². The molecule has 0 amide bonds. The second kappa shape index (κ2) is 4.49. The third kappa shape index (κ3) is 4.61. The second-order valence-corrected chi connectivity index (χ2v) is 6.50. The smallest absolute Gasteiger partial charge is 0.320 e. The third-order valence-electron chi connectivity index (χ3n) is 2.38. The molecule has 1 rings (SSSR count). The Balaban J connectivity index is 2.47. The van der Waals surface area contributed by atoms with Crippen LogP contribution in [0.5, 0.6) is 0 Å². The van der Waals surface area contributed by atoms with Gasteiger partial charge in [-0.1, -0.05) is 0 Å². The van der Waals surface area contributed by atoms with Crippen molar-refractivity contribution < 1.29 is 18.3 Å². The average molecular weight is 235 g/mol. The molecule has 0 heterocycles. The molecule has 88 valence electrons. The molecule has 1 aliphatic rings. The number of carboxylic acids is 1. The van der Waals surface area contributed by atoms with Crippen LogP contribution < -0.4 is 5.32 Å². The molecule has 2 N–H and O–H groups in total. The number of sulfone groups is 1. The predicted octanol–water partition coefficient (Wildman–Crippen LogP) is -0.128. The van der Waals surface area contributed by atoms with Gasteiger partial charge >= 0.3 is 5.97 Å². The number of hydrogen-bond acceptors (Lipinski definition) is 4. The minimum atomic E-state index is -3.06. The van der Waals surface area contributed by atoms with Crippen LogP contribution in [0.2, 0.25) is 0 Å². The molecule has 0 aliphatic heterocycles. The first-order valence-corrected chi connectivity index (χ1v) is 7.02. The Morgan fingerprint density at radius 3 is 2.40 bits per heavy atom. The first-order valence-electron chi connectivity index (χ1n) is 4.96. The number of nitrogens with one attached hydrogen (secondary N) is 1. The predicted molar refractivity (Wildman–Crippen MR) is 56.5 cm³/mol. The van der Waals surface area contributed by atoms with Crippen LogP contribution in [0.15, 0.2) is 0 Å². The van der Waals surface area contributed by atoms with Gasteiger partial charge in [0.25, 0.3) is 0 Å². The molecule has 0 spiro atoms. The van der Waals surface area contributed by atoms with E-state index in [2.05, 4.69) is 5.32 Å². The lowest BCUT2D eigenvalue weighted by atomic mass is 10.1. The minimum Gasteiger partial charge on any atom is -0.480 e. The molecular weight excluding hydrogens is 218 g/mol. The highest BCUT2D eigenvalue weighted by Crippen LogP contribution is 2.32. The number of carboxylic acid groups (broad SMARTS) is 1. The largest absolute Gasteiger partial charge is 0.480 e. The van der Waals surface area contributed by atoms with Gasteiger partial charge in [-0.25, -0.2) is 8.42 Å². The highest BCUT2D eigenvalue weighted by atomic mass is 32.2. The van der Waals surface area contributed by atoms with Gasteiger partial charge in [-0.05, 0) is 25.7 Å². The lowest BCUT2D eigenvalue weighted by molar-refractivity contribution is -0.140. The summed E-state index contributed by atoms with van der Waals surface area (Å²) in [7, 11) is -3.06. The van der Waals surface area contributed by atoms with Crippen LogP contribution in [-0.4, -0.2) is 43.6 Å². The number of hydrogen-bond donors (Lipinski definition) is 2. The summed E-state index contributed by atoms with van der Waals surface area (Å²) in [6.45, 7) is 1.69. The summed E-state index contributed by atoms with van der Waals surface area (Å²) in [5, 5.41) is 11.8. The Hall–Kier alpha value is -0.620. The Kier molecular flexibility index (Phi) is 3.72. The van der Waals surface area contributed by atoms with Gasteiger partial charge in [-0.15, -0.1) is 0 Å². The van der Waals surface area contributed by atoms with Crippen molar-refractivity contribution in [3.8, 4) is 0 Å². The molecule has 1 fully saturated rings. The molecule has 6 heteroatoms. The summed E-state index contributed by atoms with van der Waals surface area (Å²) in [5.74, 6) is -0.744. The van der Waals surface area contributed by atoms with Crippen molar-refractivity contribution in [2.45, 2.75) is 31.8 Å². The molecule has 2 atom stereocenters. The normalized spacial score (nSPS) is 20.9. The minimum absolute atomic E-state index is 0.0243. The van der Waals surface area contributed by atoms with Crippen LogP contribution in [0.3, 0.4) is 0 Å². The first kappa shape index (κ1) is 12.4. The van der Waals surface area contributed by atoms with E-state index in [1.165, 1.54) is 0 Å². The molecule has 0 bridgehead atoms. The molecule has 0 aromatic carbocycles. The van der Waals surface area contributed by atoms with Gasteiger partial charge in [0, 0.05) is 12.3 Å². The number of aliphatic carboxylic acids is 1. The quantitative estimate of drug-likeness (QED) is 0.670. The Bertz CT molecular complexity index is 334. The van der Waals surface area contributed by atoms with E-state index in [4.69, 9.17) is 5.11 Å². The molecule has 0 aromatic heterocycles. The van der Waals surface area contributed by atoms with Crippen LogP contribution in [0, 0.1) is 5.92 Å². The molecule has 2 unspecified atom stereocenters. The molecule has 0 radical (unpaired) electrons. The highest BCUT2D eigenvalue weighted by molar-refractivity contribution is 7.90. The number of rotatable bonds is 6. The van der Waals surface area contributed by atoms with Crippen molar-refractivity contribution in [1.29, 1.82) is 0 Å². The van der Waals surface area contributed by atoms with E-state index >= 15 is 0 Å². The van der Waals surface area contributed by atoms with Crippen LogP contribution in [0.25, 0.3) is 0 Å². The van der Waals surface area contributed by atoms with E-state index in [0.717, 1.165) is 19.1 Å². The molecule has 15 heavy (non-hydrogen) atoms. The SMILES string of the molecule is CC(CS(C)(=O)=O)NC(C(=O)O)C1CC1. The maximum absolute atomic E-state index is 11.0. The molecule has 1 saturated carbocycles. The summed E-state index contributed by atoms with van der Waals surface area (Å²) in [6, 6.07) is -0.913. The van der Waals surface area contributed by atoms with Crippen molar-refractivity contribution in [1.82, 2.24) is 5.32 Å². The second-order valence-electron chi connectivity index (χ2n) is 4.31. The average Bonchev–Trinajstić information content (AvgIpc) is 2.78.